The Labute approximate surface area is 239 Å². The van der Waals surface area contributed by atoms with Crippen LogP contribution in [0.15, 0.2) is 78.5 Å². The molecule has 0 aliphatic rings. The van der Waals surface area contributed by atoms with Gasteiger partial charge in [-0.1, -0.05) is 41.6 Å². The first-order chi connectivity index (χ1) is 18.9. The molecule has 0 fully saturated rings. The molecule has 0 atom stereocenters. The zero-order valence-electron chi connectivity index (χ0n) is 21.5. The monoisotopic (exact) mass is 575 g/mol. The van der Waals surface area contributed by atoms with E-state index in [9.17, 15) is 4.79 Å². The quantitative estimate of drug-likeness (QED) is 0.139. The Morgan fingerprint density at radius 3 is 2.67 bits per heavy atom. The van der Waals surface area contributed by atoms with Gasteiger partial charge in [-0.25, -0.2) is 4.98 Å². The van der Waals surface area contributed by atoms with Crippen LogP contribution in [0.1, 0.15) is 17.0 Å². The normalized spacial score (nSPS) is 11.1. The number of rotatable bonds is 10. The summed E-state index contributed by atoms with van der Waals surface area (Å²) < 4.78 is 8.93. The van der Waals surface area contributed by atoms with Crippen molar-refractivity contribution in [2.75, 3.05) is 11.1 Å². The minimum Gasteiger partial charge on any atom is -0.484 e. The molecule has 10 heteroatoms. The summed E-state index contributed by atoms with van der Waals surface area (Å²) in [7, 11) is 0. The first kappa shape index (κ1) is 26.9. The van der Waals surface area contributed by atoms with E-state index in [0.717, 1.165) is 32.0 Å². The molecule has 0 spiro atoms. The van der Waals surface area contributed by atoms with Gasteiger partial charge in [-0.15, -0.1) is 28.1 Å². The lowest BCUT2D eigenvalue weighted by atomic mass is 10.2. The van der Waals surface area contributed by atoms with Gasteiger partial charge >= 0.3 is 0 Å². The number of thiazole rings is 1. The summed E-state index contributed by atoms with van der Waals surface area (Å²) in [5.41, 5.74) is 4.99. The Morgan fingerprint density at radius 1 is 1.10 bits per heavy atom. The fourth-order valence-electron chi connectivity index (χ4n) is 3.89. The molecular weight excluding hydrogens is 550 g/mol. The molecule has 1 N–H and O–H groups in total. The molecule has 2 heterocycles. The second kappa shape index (κ2) is 12.0. The second-order valence-corrected chi connectivity index (χ2v) is 11.3. The van der Waals surface area contributed by atoms with Gasteiger partial charge in [-0.3, -0.25) is 9.36 Å². The van der Waals surface area contributed by atoms with E-state index in [2.05, 4.69) is 41.1 Å². The van der Waals surface area contributed by atoms with E-state index in [1.807, 2.05) is 54.0 Å². The third-order valence-corrected chi connectivity index (χ3v) is 8.19. The third-order valence-electron chi connectivity index (χ3n) is 5.84. The van der Waals surface area contributed by atoms with Crippen molar-refractivity contribution >= 4 is 56.5 Å². The highest BCUT2D eigenvalue weighted by Gasteiger charge is 2.15. The molecule has 0 bridgehead atoms. The first-order valence-corrected chi connectivity index (χ1v) is 14.4. The summed E-state index contributed by atoms with van der Waals surface area (Å²) in [6, 6.07) is 19.6. The van der Waals surface area contributed by atoms with Crippen LogP contribution < -0.4 is 10.1 Å². The number of ether oxygens (including phenoxy) is 1. The molecular formula is C29H26ClN5O2S2. The number of benzene rings is 3. The number of anilines is 1. The van der Waals surface area contributed by atoms with Gasteiger partial charge in [-0.05, 0) is 73.5 Å². The van der Waals surface area contributed by atoms with Gasteiger partial charge in [0.25, 0.3) is 0 Å². The van der Waals surface area contributed by atoms with Crippen LogP contribution in [0.4, 0.5) is 5.69 Å². The molecule has 0 saturated heterocycles. The Hall–Kier alpha value is -3.66. The standard InChI is InChI=1S/C29H26ClN5O2S2/c1-4-13-35-26(16-37-24-14-18(2)5-11-22(24)30)33-34-29(35)38-17-27(36)31-21-9-7-20(8-10-21)28-32-23-12-6-19(3)15-25(23)39-28/h4-12,14-15H,1,13,16-17H2,2-3H3,(H,31,36). The van der Waals surface area contributed by atoms with Crippen molar-refractivity contribution in [3.05, 3.63) is 95.3 Å². The van der Waals surface area contributed by atoms with Crippen LogP contribution >= 0.6 is 34.7 Å². The lowest BCUT2D eigenvalue weighted by molar-refractivity contribution is -0.113. The lowest BCUT2D eigenvalue weighted by Crippen LogP contribution is -2.15. The summed E-state index contributed by atoms with van der Waals surface area (Å²) in [6.07, 6.45) is 1.75. The summed E-state index contributed by atoms with van der Waals surface area (Å²) in [5.74, 6) is 1.25. The number of aromatic nitrogens is 4. The fourth-order valence-corrected chi connectivity index (χ4v) is 5.90. The Kier molecular flexibility index (Phi) is 8.30. The summed E-state index contributed by atoms with van der Waals surface area (Å²) >= 11 is 9.21. The lowest BCUT2D eigenvalue weighted by Gasteiger charge is -2.11. The Morgan fingerprint density at radius 2 is 1.87 bits per heavy atom. The molecule has 1 amide bonds. The van der Waals surface area contributed by atoms with Gasteiger partial charge in [0, 0.05) is 17.8 Å². The van der Waals surface area contributed by atoms with Crippen molar-refractivity contribution in [1.29, 1.82) is 0 Å². The number of fused-ring (bicyclic) bond motifs is 1. The van der Waals surface area contributed by atoms with Crippen LogP contribution in [0.2, 0.25) is 5.02 Å². The molecule has 5 aromatic rings. The number of nitrogens with zero attached hydrogens (tertiary/aromatic N) is 4. The maximum Gasteiger partial charge on any atom is 0.234 e. The largest absolute Gasteiger partial charge is 0.484 e. The maximum absolute atomic E-state index is 12.7. The zero-order chi connectivity index (χ0) is 27.4. The molecule has 198 valence electrons. The number of amides is 1. The molecule has 7 nitrogen and oxygen atoms in total. The predicted molar refractivity (Wildman–Crippen MR) is 160 cm³/mol. The van der Waals surface area contributed by atoms with Gasteiger partial charge < -0.3 is 10.1 Å². The fraction of sp³-hybridized carbons (Fsp3) is 0.172. The van der Waals surface area contributed by atoms with Crippen LogP contribution in [-0.4, -0.2) is 31.4 Å². The molecule has 39 heavy (non-hydrogen) atoms. The number of carbonyl (C=O) groups excluding carboxylic acids is 1. The minimum absolute atomic E-state index is 0.138. The summed E-state index contributed by atoms with van der Waals surface area (Å²) in [5, 5.41) is 13.6. The van der Waals surface area contributed by atoms with E-state index in [4.69, 9.17) is 21.3 Å². The average Bonchev–Trinajstić information content (AvgIpc) is 3.52. The molecule has 0 aliphatic carbocycles. The van der Waals surface area contributed by atoms with Crippen LogP contribution in [0, 0.1) is 13.8 Å². The highest BCUT2D eigenvalue weighted by atomic mass is 35.5. The molecule has 0 unspecified atom stereocenters. The number of aryl methyl sites for hydroxylation is 2. The zero-order valence-corrected chi connectivity index (χ0v) is 23.9. The SMILES string of the molecule is C=CCn1c(COc2cc(C)ccc2Cl)nnc1SCC(=O)Nc1ccc(-c2nc3ccc(C)cc3s2)cc1. The van der Waals surface area contributed by atoms with Crippen molar-refractivity contribution in [3.63, 3.8) is 0 Å². The molecule has 0 aliphatic heterocycles. The van der Waals surface area contributed by atoms with E-state index < -0.39 is 0 Å². The second-order valence-electron chi connectivity index (χ2n) is 8.93. The van der Waals surface area contributed by atoms with Gasteiger partial charge in [0.15, 0.2) is 11.0 Å². The van der Waals surface area contributed by atoms with Gasteiger partial charge in [0.1, 0.15) is 17.4 Å². The van der Waals surface area contributed by atoms with Gasteiger partial charge in [-0.2, -0.15) is 0 Å². The molecule has 0 saturated carbocycles. The van der Waals surface area contributed by atoms with Crippen LogP contribution in [0.5, 0.6) is 5.75 Å². The van der Waals surface area contributed by atoms with E-state index in [1.54, 1.807) is 23.5 Å². The number of hydrogen-bond donors (Lipinski definition) is 1. The number of nitrogens with one attached hydrogen (secondary N) is 1. The van der Waals surface area contributed by atoms with Gasteiger partial charge in [0.05, 0.1) is 21.0 Å². The number of hydrogen-bond acceptors (Lipinski definition) is 7. The van der Waals surface area contributed by atoms with Gasteiger partial charge in [0.2, 0.25) is 5.91 Å². The van der Waals surface area contributed by atoms with Crippen LogP contribution in [0.3, 0.4) is 0 Å². The van der Waals surface area contributed by atoms with Crippen molar-refractivity contribution in [3.8, 4) is 16.3 Å². The molecule has 5 rings (SSSR count). The number of carbonyl (C=O) groups is 1. The van der Waals surface area contributed by atoms with E-state index >= 15 is 0 Å². The summed E-state index contributed by atoms with van der Waals surface area (Å²) in [6.45, 7) is 8.56. The summed E-state index contributed by atoms with van der Waals surface area (Å²) in [4.78, 5) is 17.4. The molecule has 0 radical (unpaired) electrons. The smallest absolute Gasteiger partial charge is 0.234 e. The minimum atomic E-state index is -0.138. The van der Waals surface area contributed by atoms with E-state index in [0.29, 0.717) is 28.3 Å². The molecule has 2 aromatic heterocycles. The van der Waals surface area contributed by atoms with Crippen LogP contribution in [-0.2, 0) is 17.9 Å². The number of thioether (sulfide) groups is 1. The van der Waals surface area contributed by atoms with Crippen molar-refractivity contribution < 1.29 is 9.53 Å². The van der Waals surface area contributed by atoms with Crippen molar-refractivity contribution in [1.82, 2.24) is 19.7 Å². The first-order valence-electron chi connectivity index (χ1n) is 12.2. The van der Waals surface area contributed by atoms with Crippen LogP contribution in [0.25, 0.3) is 20.8 Å². The Bertz CT molecular complexity index is 1650. The maximum atomic E-state index is 12.7. The van der Waals surface area contributed by atoms with E-state index in [1.165, 1.54) is 17.3 Å². The Balaban J connectivity index is 1.19. The number of allylic oxidation sites excluding steroid dienone is 1. The van der Waals surface area contributed by atoms with Crippen molar-refractivity contribution in [2.24, 2.45) is 0 Å². The highest BCUT2D eigenvalue weighted by molar-refractivity contribution is 7.99. The average molecular weight is 576 g/mol. The number of halogens is 1. The molecule has 3 aromatic carbocycles. The van der Waals surface area contributed by atoms with Crippen molar-refractivity contribution in [2.45, 2.75) is 32.2 Å². The topological polar surface area (TPSA) is 81.9 Å². The van der Waals surface area contributed by atoms with E-state index in [-0.39, 0.29) is 18.3 Å². The third kappa shape index (κ3) is 6.50. The predicted octanol–water partition coefficient (Wildman–Crippen LogP) is 7.32. The highest BCUT2D eigenvalue weighted by Crippen LogP contribution is 2.31.